The number of nitrogens with one attached hydrogen (secondary N) is 1. The lowest BCUT2D eigenvalue weighted by Gasteiger charge is -2.37. The zero-order valence-corrected chi connectivity index (χ0v) is 11.2. The molecule has 3 rings (SSSR count). The minimum absolute atomic E-state index is 0.0392. The van der Waals surface area contributed by atoms with Gasteiger partial charge in [0.15, 0.2) is 0 Å². The van der Waals surface area contributed by atoms with E-state index < -0.39 is 5.60 Å². The summed E-state index contributed by atoms with van der Waals surface area (Å²) in [6.45, 7) is 6.38. The third-order valence-electron chi connectivity index (χ3n) is 3.78. The SMILES string of the molecule is CC(C)(C)OC(=O)N1Cc2[nH]ccc2CC12CC2. The fourth-order valence-electron chi connectivity index (χ4n) is 2.69. The molecule has 1 aliphatic carbocycles. The Balaban J connectivity index is 1.83. The Hall–Kier alpha value is -1.45. The van der Waals surface area contributed by atoms with Crippen LogP contribution in [0.1, 0.15) is 44.9 Å². The fourth-order valence-corrected chi connectivity index (χ4v) is 2.69. The van der Waals surface area contributed by atoms with Gasteiger partial charge in [0.1, 0.15) is 5.60 Å². The predicted octanol–water partition coefficient (Wildman–Crippen LogP) is 2.84. The van der Waals surface area contributed by atoms with E-state index in [2.05, 4.69) is 11.1 Å². The summed E-state index contributed by atoms with van der Waals surface area (Å²) < 4.78 is 5.52. The zero-order chi connectivity index (χ0) is 13.0. The molecule has 1 fully saturated rings. The highest BCUT2D eigenvalue weighted by atomic mass is 16.6. The Kier molecular flexibility index (Phi) is 2.28. The van der Waals surface area contributed by atoms with Crippen molar-refractivity contribution in [3.8, 4) is 0 Å². The molecule has 1 amide bonds. The van der Waals surface area contributed by atoms with Gasteiger partial charge in [0.25, 0.3) is 0 Å². The molecule has 1 saturated carbocycles. The van der Waals surface area contributed by atoms with E-state index in [0.717, 1.165) is 25.0 Å². The van der Waals surface area contributed by atoms with Crippen molar-refractivity contribution in [1.29, 1.82) is 0 Å². The average Bonchev–Trinajstić information content (AvgIpc) is 2.85. The predicted molar refractivity (Wildman–Crippen MR) is 68.2 cm³/mol. The molecule has 0 unspecified atom stereocenters. The quantitative estimate of drug-likeness (QED) is 0.767. The van der Waals surface area contributed by atoms with Gasteiger partial charge in [-0.1, -0.05) is 0 Å². The van der Waals surface area contributed by atoms with Crippen LogP contribution < -0.4 is 0 Å². The van der Waals surface area contributed by atoms with Gasteiger partial charge < -0.3 is 9.72 Å². The van der Waals surface area contributed by atoms with E-state index >= 15 is 0 Å². The highest BCUT2D eigenvalue weighted by Gasteiger charge is 2.53. The Morgan fingerprint density at radius 3 is 2.78 bits per heavy atom. The molecular formula is C14H20N2O2. The minimum Gasteiger partial charge on any atom is -0.444 e. The van der Waals surface area contributed by atoms with Gasteiger partial charge in [-0.2, -0.15) is 0 Å². The van der Waals surface area contributed by atoms with Crippen LogP contribution in [0.25, 0.3) is 0 Å². The van der Waals surface area contributed by atoms with Crippen LogP contribution >= 0.6 is 0 Å². The second kappa shape index (κ2) is 3.53. The molecule has 1 aliphatic heterocycles. The number of hydrogen-bond donors (Lipinski definition) is 1. The first-order chi connectivity index (χ1) is 8.40. The summed E-state index contributed by atoms with van der Waals surface area (Å²) >= 11 is 0. The van der Waals surface area contributed by atoms with Crippen LogP contribution in [-0.2, 0) is 17.7 Å². The van der Waals surface area contributed by atoms with Crippen molar-refractivity contribution in [2.24, 2.45) is 0 Å². The molecule has 4 nitrogen and oxygen atoms in total. The Morgan fingerprint density at radius 2 is 2.17 bits per heavy atom. The maximum atomic E-state index is 12.3. The van der Waals surface area contributed by atoms with E-state index in [4.69, 9.17) is 4.74 Å². The van der Waals surface area contributed by atoms with E-state index in [1.54, 1.807) is 0 Å². The highest BCUT2D eigenvalue weighted by Crippen LogP contribution is 2.48. The minimum atomic E-state index is -0.427. The maximum absolute atomic E-state index is 12.3. The van der Waals surface area contributed by atoms with Crippen molar-refractivity contribution in [3.05, 3.63) is 23.5 Å². The normalized spacial score (nSPS) is 20.7. The molecule has 0 saturated heterocycles. The monoisotopic (exact) mass is 248 g/mol. The van der Waals surface area contributed by atoms with Crippen LogP contribution in [0.15, 0.2) is 12.3 Å². The lowest BCUT2D eigenvalue weighted by molar-refractivity contribution is 0.00800. The summed E-state index contributed by atoms with van der Waals surface area (Å²) in [5.41, 5.74) is 2.12. The van der Waals surface area contributed by atoms with Gasteiger partial charge in [-0.25, -0.2) is 4.79 Å². The molecule has 1 aromatic heterocycles. The molecule has 0 atom stereocenters. The number of H-pyrrole nitrogens is 1. The molecule has 1 spiro atoms. The van der Waals surface area contributed by atoms with Gasteiger partial charge in [-0.05, 0) is 51.7 Å². The number of aromatic amines is 1. The average molecular weight is 248 g/mol. The molecule has 4 heteroatoms. The number of carbonyl (C=O) groups excluding carboxylic acids is 1. The first-order valence-electron chi connectivity index (χ1n) is 6.55. The standard InChI is InChI=1S/C14H20N2O2/c1-13(2,3)18-12(17)16-9-11-10(4-7-15-11)8-14(16)5-6-14/h4,7,15H,5-6,8-9H2,1-3H3. The van der Waals surface area contributed by atoms with Gasteiger partial charge in [-0.15, -0.1) is 0 Å². The molecule has 0 aromatic carbocycles. The summed E-state index contributed by atoms with van der Waals surface area (Å²) in [6.07, 6.45) is 4.93. The molecule has 1 N–H and O–H groups in total. The van der Waals surface area contributed by atoms with E-state index in [1.165, 1.54) is 5.56 Å². The van der Waals surface area contributed by atoms with Crippen molar-refractivity contribution in [3.63, 3.8) is 0 Å². The smallest absolute Gasteiger partial charge is 0.411 e. The number of amides is 1. The second-order valence-electron chi connectivity index (χ2n) is 6.45. The van der Waals surface area contributed by atoms with Crippen LogP contribution in [0, 0.1) is 0 Å². The van der Waals surface area contributed by atoms with Crippen LogP contribution in [0.3, 0.4) is 0 Å². The number of fused-ring (bicyclic) bond motifs is 1. The summed E-state index contributed by atoms with van der Waals surface area (Å²) in [5, 5.41) is 0. The fraction of sp³-hybridized carbons (Fsp3) is 0.643. The third kappa shape index (κ3) is 1.89. The van der Waals surface area contributed by atoms with Crippen LogP contribution in [-0.4, -0.2) is 27.1 Å². The van der Waals surface area contributed by atoms with Crippen molar-refractivity contribution in [2.45, 2.75) is 57.7 Å². The Morgan fingerprint density at radius 1 is 1.44 bits per heavy atom. The summed E-state index contributed by atoms with van der Waals surface area (Å²) in [6, 6.07) is 2.13. The zero-order valence-electron chi connectivity index (χ0n) is 11.2. The van der Waals surface area contributed by atoms with Crippen molar-refractivity contribution >= 4 is 6.09 Å². The molecular weight excluding hydrogens is 228 g/mol. The summed E-state index contributed by atoms with van der Waals surface area (Å²) in [7, 11) is 0. The summed E-state index contributed by atoms with van der Waals surface area (Å²) in [5.74, 6) is 0. The second-order valence-corrected chi connectivity index (χ2v) is 6.45. The van der Waals surface area contributed by atoms with E-state index in [-0.39, 0.29) is 11.6 Å². The number of hydrogen-bond acceptors (Lipinski definition) is 2. The largest absolute Gasteiger partial charge is 0.444 e. The molecule has 18 heavy (non-hydrogen) atoms. The number of aromatic nitrogens is 1. The molecule has 2 heterocycles. The topological polar surface area (TPSA) is 45.3 Å². The summed E-state index contributed by atoms with van der Waals surface area (Å²) in [4.78, 5) is 17.4. The van der Waals surface area contributed by atoms with Gasteiger partial charge in [-0.3, -0.25) is 4.90 Å². The van der Waals surface area contributed by atoms with Gasteiger partial charge in [0.2, 0.25) is 0 Å². The van der Waals surface area contributed by atoms with Crippen molar-refractivity contribution in [1.82, 2.24) is 9.88 Å². The Labute approximate surface area is 107 Å². The van der Waals surface area contributed by atoms with Gasteiger partial charge in [0.05, 0.1) is 12.1 Å². The van der Waals surface area contributed by atoms with E-state index in [9.17, 15) is 4.79 Å². The first kappa shape index (κ1) is 11.6. The lowest BCUT2D eigenvalue weighted by Crippen LogP contribution is -2.48. The number of ether oxygens (including phenoxy) is 1. The van der Waals surface area contributed by atoms with Gasteiger partial charge in [0, 0.05) is 11.9 Å². The molecule has 98 valence electrons. The van der Waals surface area contributed by atoms with Crippen LogP contribution in [0.5, 0.6) is 0 Å². The van der Waals surface area contributed by atoms with Crippen LogP contribution in [0.2, 0.25) is 0 Å². The number of rotatable bonds is 0. The third-order valence-corrected chi connectivity index (χ3v) is 3.78. The maximum Gasteiger partial charge on any atom is 0.411 e. The molecule has 1 aromatic rings. The Bertz CT molecular complexity index is 480. The van der Waals surface area contributed by atoms with Crippen molar-refractivity contribution < 1.29 is 9.53 Å². The number of carbonyl (C=O) groups is 1. The van der Waals surface area contributed by atoms with E-state index in [1.807, 2.05) is 31.9 Å². The highest BCUT2D eigenvalue weighted by molar-refractivity contribution is 5.70. The van der Waals surface area contributed by atoms with Crippen molar-refractivity contribution in [2.75, 3.05) is 0 Å². The van der Waals surface area contributed by atoms with E-state index in [0.29, 0.717) is 6.54 Å². The number of nitrogens with zero attached hydrogens (tertiary/aromatic N) is 1. The first-order valence-corrected chi connectivity index (χ1v) is 6.55. The molecule has 0 bridgehead atoms. The molecule has 2 aliphatic rings. The lowest BCUT2D eigenvalue weighted by atomic mass is 9.98. The molecule has 0 radical (unpaired) electrons. The van der Waals surface area contributed by atoms with Crippen LogP contribution in [0.4, 0.5) is 4.79 Å². The van der Waals surface area contributed by atoms with Gasteiger partial charge >= 0.3 is 6.09 Å².